The quantitative estimate of drug-likeness (QED) is 0.459. The largest absolute Gasteiger partial charge is 0.341 e. The van der Waals surface area contributed by atoms with Gasteiger partial charge in [-0.05, 0) is 41.8 Å². The summed E-state index contributed by atoms with van der Waals surface area (Å²) in [4.78, 5) is 32.3. The van der Waals surface area contributed by atoms with Crippen LogP contribution >= 0.6 is 23.1 Å². The summed E-state index contributed by atoms with van der Waals surface area (Å²) < 4.78 is 16.2. The van der Waals surface area contributed by atoms with Gasteiger partial charge in [-0.25, -0.2) is 9.37 Å². The van der Waals surface area contributed by atoms with Gasteiger partial charge in [-0.1, -0.05) is 37.7 Å². The Labute approximate surface area is 176 Å². The Bertz CT molecular complexity index is 1100. The van der Waals surface area contributed by atoms with Gasteiger partial charge in [0.25, 0.3) is 5.56 Å². The van der Waals surface area contributed by atoms with Crippen molar-refractivity contribution in [1.82, 2.24) is 14.5 Å². The van der Waals surface area contributed by atoms with E-state index < -0.39 is 5.82 Å². The SMILES string of the molecule is C[C@H]1C[C@H](C)CN(C(=O)CSc2nc3ccsc3c(=O)n2-c2ccccc2F)C1. The lowest BCUT2D eigenvalue weighted by molar-refractivity contribution is -0.130. The number of hydrogen-bond donors (Lipinski definition) is 0. The molecule has 3 aromatic rings. The molecule has 2 aromatic heterocycles. The van der Waals surface area contributed by atoms with Gasteiger partial charge in [0.1, 0.15) is 10.5 Å². The minimum absolute atomic E-state index is 0.0214. The molecule has 0 spiro atoms. The number of para-hydroxylation sites is 1. The number of thioether (sulfide) groups is 1. The van der Waals surface area contributed by atoms with E-state index in [0.29, 0.717) is 27.2 Å². The smallest absolute Gasteiger partial charge is 0.276 e. The Hall–Kier alpha value is -2.19. The number of piperidine rings is 1. The van der Waals surface area contributed by atoms with Crippen LogP contribution in [0.3, 0.4) is 0 Å². The minimum Gasteiger partial charge on any atom is -0.341 e. The number of fused-ring (bicyclic) bond motifs is 1. The average Bonchev–Trinajstić information content (AvgIpc) is 3.15. The number of rotatable bonds is 4. The summed E-state index contributed by atoms with van der Waals surface area (Å²) in [5.41, 5.74) is 0.406. The minimum atomic E-state index is -0.501. The van der Waals surface area contributed by atoms with Gasteiger partial charge in [0.15, 0.2) is 5.16 Å². The maximum atomic E-state index is 14.5. The van der Waals surface area contributed by atoms with Crippen molar-refractivity contribution in [2.45, 2.75) is 25.4 Å². The first-order chi connectivity index (χ1) is 13.9. The fourth-order valence-corrected chi connectivity index (χ4v) is 5.59. The van der Waals surface area contributed by atoms with Crippen molar-refractivity contribution in [2.24, 2.45) is 11.8 Å². The van der Waals surface area contributed by atoms with E-state index >= 15 is 0 Å². The van der Waals surface area contributed by atoms with Crippen LogP contribution in [-0.4, -0.2) is 39.2 Å². The number of carbonyl (C=O) groups is 1. The molecule has 4 rings (SSSR count). The van der Waals surface area contributed by atoms with Crippen molar-refractivity contribution in [1.29, 1.82) is 0 Å². The number of hydrogen-bond acceptors (Lipinski definition) is 5. The lowest BCUT2D eigenvalue weighted by Crippen LogP contribution is -2.43. The topological polar surface area (TPSA) is 55.2 Å². The van der Waals surface area contributed by atoms with Crippen LogP contribution in [0.2, 0.25) is 0 Å². The standard InChI is InChI=1S/C21H22FN3O2S2/c1-13-9-14(2)11-24(10-13)18(26)12-29-21-23-16-7-8-28-19(16)20(27)25(21)17-6-4-3-5-15(17)22/h3-8,13-14H,9-12H2,1-2H3/t13-,14-/m0/s1. The van der Waals surface area contributed by atoms with Crippen molar-refractivity contribution in [3.05, 3.63) is 51.9 Å². The highest BCUT2D eigenvalue weighted by atomic mass is 32.2. The normalized spacial score (nSPS) is 19.6. The van der Waals surface area contributed by atoms with Gasteiger partial charge < -0.3 is 4.90 Å². The van der Waals surface area contributed by atoms with Gasteiger partial charge in [-0.3, -0.25) is 14.2 Å². The molecule has 29 heavy (non-hydrogen) atoms. The van der Waals surface area contributed by atoms with Crippen LogP contribution in [0.4, 0.5) is 4.39 Å². The first kappa shape index (κ1) is 20.1. The molecule has 0 N–H and O–H groups in total. The fourth-order valence-electron chi connectivity index (χ4n) is 3.92. The molecule has 8 heteroatoms. The van der Waals surface area contributed by atoms with Crippen LogP contribution in [0.5, 0.6) is 0 Å². The molecule has 152 valence electrons. The van der Waals surface area contributed by atoms with Crippen molar-refractivity contribution in [3.8, 4) is 5.69 Å². The number of carbonyl (C=O) groups excluding carboxylic acids is 1. The summed E-state index contributed by atoms with van der Waals surface area (Å²) in [5.74, 6) is 0.636. The second kappa shape index (κ2) is 8.28. The molecule has 1 fully saturated rings. The molecule has 1 amide bonds. The Balaban J connectivity index is 1.66. The molecule has 1 aromatic carbocycles. The summed E-state index contributed by atoms with van der Waals surface area (Å²) >= 11 is 2.47. The molecule has 0 saturated carbocycles. The van der Waals surface area contributed by atoms with E-state index in [1.807, 2.05) is 4.90 Å². The molecular formula is C21H22FN3O2S2. The summed E-state index contributed by atoms with van der Waals surface area (Å²) in [5, 5.41) is 2.12. The second-order valence-corrected chi connectivity index (χ2v) is 9.51. The zero-order valence-corrected chi connectivity index (χ0v) is 17.9. The molecule has 5 nitrogen and oxygen atoms in total. The van der Waals surface area contributed by atoms with E-state index in [1.165, 1.54) is 33.7 Å². The lowest BCUT2D eigenvalue weighted by Gasteiger charge is -2.35. The van der Waals surface area contributed by atoms with E-state index in [2.05, 4.69) is 18.8 Å². The molecule has 1 aliphatic rings. The Kier molecular flexibility index (Phi) is 5.74. The average molecular weight is 432 g/mol. The first-order valence-corrected chi connectivity index (χ1v) is 11.5. The molecule has 1 saturated heterocycles. The highest BCUT2D eigenvalue weighted by Gasteiger charge is 2.26. The van der Waals surface area contributed by atoms with Crippen LogP contribution < -0.4 is 5.56 Å². The van der Waals surface area contributed by atoms with E-state index in [-0.39, 0.29) is 22.9 Å². The number of likely N-dealkylation sites (tertiary alicyclic amines) is 1. The van der Waals surface area contributed by atoms with Gasteiger partial charge in [0.2, 0.25) is 5.91 Å². The number of amides is 1. The number of nitrogens with zero attached hydrogens (tertiary/aromatic N) is 3. The summed E-state index contributed by atoms with van der Waals surface area (Å²) in [6, 6.07) is 7.90. The van der Waals surface area contributed by atoms with Gasteiger partial charge in [-0.2, -0.15) is 0 Å². The number of thiophene rings is 1. The van der Waals surface area contributed by atoms with Crippen LogP contribution in [0, 0.1) is 17.7 Å². The van der Waals surface area contributed by atoms with E-state index in [4.69, 9.17) is 0 Å². The molecule has 0 bridgehead atoms. The van der Waals surface area contributed by atoms with Crippen LogP contribution in [0.25, 0.3) is 15.9 Å². The highest BCUT2D eigenvalue weighted by Crippen LogP contribution is 2.26. The number of halogens is 1. The molecule has 0 aliphatic carbocycles. The van der Waals surface area contributed by atoms with Crippen molar-refractivity contribution in [2.75, 3.05) is 18.8 Å². The monoisotopic (exact) mass is 431 g/mol. The van der Waals surface area contributed by atoms with Crippen LogP contribution in [0.15, 0.2) is 45.7 Å². The maximum absolute atomic E-state index is 14.5. The predicted molar refractivity (Wildman–Crippen MR) is 115 cm³/mol. The molecule has 0 unspecified atom stereocenters. The molecule has 0 radical (unpaired) electrons. The Morgan fingerprint density at radius 1 is 1.24 bits per heavy atom. The third kappa shape index (κ3) is 4.09. The summed E-state index contributed by atoms with van der Waals surface area (Å²) in [6.07, 6.45) is 1.13. The van der Waals surface area contributed by atoms with Gasteiger partial charge in [0.05, 0.1) is 17.0 Å². The lowest BCUT2D eigenvalue weighted by atomic mass is 9.92. The van der Waals surface area contributed by atoms with E-state index in [9.17, 15) is 14.0 Å². The molecule has 1 aliphatic heterocycles. The van der Waals surface area contributed by atoms with Gasteiger partial charge >= 0.3 is 0 Å². The van der Waals surface area contributed by atoms with Gasteiger partial charge in [0, 0.05) is 13.1 Å². The first-order valence-electron chi connectivity index (χ1n) is 9.59. The fraction of sp³-hybridized carbons (Fsp3) is 0.381. The van der Waals surface area contributed by atoms with Crippen LogP contribution in [0.1, 0.15) is 20.3 Å². The third-order valence-corrected chi connectivity index (χ3v) is 6.90. The Morgan fingerprint density at radius 3 is 2.69 bits per heavy atom. The zero-order chi connectivity index (χ0) is 20.5. The van der Waals surface area contributed by atoms with Crippen LogP contribution in [-0.2, 0) is 4.79 Å². The number of aromatic nitrogens is 2. The highest BCUT2D eigenvalue weighted by molar-refractivity contribution is 7.99. The van der Waals surface area contributed by atoms with Crippen molar-refractivity contribution in [3.63, 3.8) is 0 Å². The maximum Gasteiger partial charge on any atom is 0.276 e. The zero-order valence-electron chi connectivity index (χ0n) is 16.3. The van der Waals surface area contributed by atoms with Gasteiger partial charge in [-0.15, -0.1) is 11.3 Å². The molecule has 3 heterocycles. The van der Waals surface area contributed by atoms with Crippen molar-refractivity contribution >= 4 is 39.2 Å². The van der Waals surface area contributed by atoms with E-state index in [0.717, 1.165) is 19.5 Å². The third-order valence-electron chi connectivity index (χ3n) is 5.09. The van der Waals surface area contributed by atoms with Crippen molar-refractivity contribution < 1.29 is 9.18 Å². The number of benzene rings is 1. The summed E-state index contributed by atoms with van der Waals surface area (Å²) in [6.45, 7) is 5.82. The molecule has 2 atom stereocenters. The van der Waals surface area contributed by atoms with E-state index in [1.54, 1.807) is 29.6 Å². The Morgan fingerprint density at radius 2 is 1.97 bits per heavy atom. The summed E-state index contributed by atoms with van der Waals surface area (Å²) in [7, 11) is 0. The second-order valence-electron chi connectivity index (χ2n) is 7.65. The molecular weight excluding hydrogens is 409 g/mol. The predicted octanol–water partition coefficient (Wildman–Crippen LogP) is 4.18.